The Morgan fingerprint density at radius 3 is 2.28 bits per heavy atom. The van der Waals surface area contributed by atoms with E-state index in [9.17, 15) is 15.0 Å². The average molecular weight is 246 g/mol. The van der Waals surface area contributed by atoms with Gasteiger partial charge in [0.05, 0.1) is 5.56 Å². The van der Waals surface area contributed by atoms with E-state index in [-0.39, 0.29) is 34.5 Å². The van der Waals surface area contributed by atoms with Gasteiger partial charge in [-0.3, -0.25) is 4.79 Å². The first kappa shape index (κ1) is 12.2. The Labute approximate surface area is 104 Å². The molecule has 5 heteroatoms. The van der Waals surface area contributed by atoms with Gasteiger partial charge in [0.1, 0.15) is 11.6 Å². The number of aromatic amines is 1. The van der Waals surface area contributed by atoms with Crippen LogP contribution in [0.15, 0.2) is 29.1 Å². The zero-order chi connectivity index (χ0) is 13.3. The number of rotatable bonds is 2. The third kappa shape index (κ3) is 2.20. The second-order valence-corrected chi connectivity index (χ2v) is 4.35. The summed E-state index contributed by atoms with van der Waals surface area (Å²) in [6.07, 6.45) is 0. The van der Waals surface area contributed by atoms with Crippen LogP contribution in [0.2, 0.25) is 0 Å². The predicted molar refractivity (Wildman–Crippen MR) is 67.7 cm³/mol. The van der Waals surface area contributed by atoms with Crippen LogP contribution in [-0.4, -0.2) is 20.2 Å². The Morgan fingerprint density at radius 2 is 1.78 bits per heavy atom. The fraction of sp³-hybridized carbons (Fsp3) is 0.231. The Bertz CT molecular complexity index is 615. The highest BCUT2D eigenvalue weighted by Crippen LogP contribution is 2.23. The van der Waals surface area contributed by atoms with Crippen molar-refractivity contribution in [3.63, 3.8) is 0 Å². The van der Waals surface area contributed by atoms with Crippen LogP contribution in [0.1, 0.15) is 25.3 Å². The summed E-state index contributed by atoms with van der Waals surface area (Å²) in [7, 11) is 0. The Kier molecular flexibility index (Phi) is 3.06. The number of phenolic OH excluding ortho intramolecular Hbond substituents is 1. The number of aromatic nitrogens is 2. The number of phenols is 1. The lowest BCUT2D eigenvalue weighted by atomic mass is 10.1. The van der Waals surface area contributed by atoms with E-state index in [0.717, 1.165) is 0 Å². The van der Waals surface area contributed by atoms with Crippen molar-refractivity contribution in [2.75, 3.05) is 0 Å². The van der Waals surface area contributed by atoms with Gasteiger partial charge in [0.2, 0.25) is 5.88 Å². The topological polar surface area (TPSA) is 86.2 Å². The normalized spacial score (nSPS) is 10.8. The van der Waals surface area contributed by atoms with Crippen LogP contribution in [-0.2, 0) is 0 Å². The third-order valence-electron chi connectivity index (χ3n) is 2.65. The van der Waals surface area contributed by atoms with Crippen molar-refractivity contribution in [1.29, 1.82) is 0 Å². The first-order chi connectivity index (χ1) is 8.49. The number of aromatic hydroxyl groups is 2. The van der Waals surface area contributed by atoms with Crippen LogP contribution < -0.4 is 5.56 Å². The molecule has 1 aromatic carbocycles. The van der Waals surface area contributed by atoms with E-state index in [1.165, 1.54) is 12.1 Å². The van der Waals surface area contributed by atoms with Gasteiger partial charge in [-0.2, -0.15) is 4.98 Å². The maximum Gasteiger partial charge on any atom is 0.258 e. The minimum absolute atomic E-state index is 0.102. The summed E-state index contributed by atoms with van der Waals surface area (Å²) in [6.45, 7) is 3.62. The molecule has 94 valence electrons. The lowest BCUT2D eigenvalue weighted by molar-refractivity contribution is 0.440. The number of H-pyrrole nitrogens is 1. The van der Waals surface area contributed by atoms with Crippen LogP contribution in [0.3, 0.4) is 0 Å². The van der Waals surface area contributed by atoms with Crippen molar-refractivity contribution < 1.29 is 10.2 Å². The first-order valence-electron chi connectivity index (χ1n) is 5.61. The summed E-state index contributed by atoms with van der Waals surface area (Å²) in [5, 5.41) is 19.0. The molecule has 0 bridgehead atoms. The monoisotopic (exact) mass is 246 g/mol. The van der Waals surface area contributed by atoms with Gasteiger partial charge in [0.15, 0.2) is 0 Å². The van der Waals surface area contributed by atoms with Gasteiger partial charge in [-0.05, 0) is 30.2 Å². The van der Waals surface area contributed by atoms with E-state index in [1.54, 1.807) is 12.1 Å². The maximum atomic E-state index is 11.8. The standard InChI is InChI=1S/C13H14N2O3/c1-7(2)10-12(17)14-11(15-13(10)18)8-3-5-9(16)6-4-8/h3-7,16H,1-2H3,(H2,14,15,17,18). The van der Waals surface area contributed by atoms with E-state index in [1.807, 2.05) is 13.8 Å². The Balaban J connectivity index is 2.55. The molecule has 2 aromatic rings. The summed E-state index contributed by atoms with van der Waals surface area (Å²) in [4.78, 5) is 18.4. The van der Waals surface area contributed by atoms with Crippen molar-refractivity contribution in [3.8, 4) is 23.0 Å². The molecule has 2 rings (SSSR count). The summed E-state index contributed by atoms with van der Waals surface area (Å²) in [6, 6.07) is 6.20. The fourth-order valence-corrected chi connectivity index (χ4v) is 1.75. The van der Waals surface area contributed by atoms with Gasteiger partial charge < -0.3 is 15.2 Å². The van der Waals surface area contributed by atoms with Gasteiger partial charge >= 0.3 is 0 Å². The minimum atomic E-state index is -0.347. The zero-order valence-electron chi connectivity index (χ0n) is 10.1. The van der Waals surface area contributed by atoms with E-state index < -0.39 is 0 Å². The Hall–Kier alpha value is -2.30. The largest absolute Gasteiger partial charge is 0.508 e. The highest BCUT2D eigenvalue weighted by molar-refractivity contribution is 5.56. The molecule has 0 aliphatic rings. The molecular weight excluding hydrogens is 232 g/mol. The molecule has 0 radical (unpaired) electrons. The molecule has 0 aliphatic heterocycles. The van der Waals surface area contributed by atoms with Crippen molar-refractivity contribution in [3.05, 3.63) is 40.2 Å². The van der Waals surface area contributed by atoms with E-state index >= 15 is 0 Å². The minimum Gasteiger partial charge on any atom is -0.508 e. The molecule has 1 heterocycles. The molecule has 3 N–H and O–H groups in total. The predicted octanol–water partition coefficient (Wildman–Crippen LogP) is 1.97. The first-order valence-corrected chi connectivity index (χ1v) is 5.61. The number of hydrogen-bond donors (Lipinski definition) is 3. The van der Waals surface area contributed by atoms with Crippen LogP contribution in [0.25, 0.3) is 11.4 Å². The summed E-state index contributed by atoms with van der Waals surface area (Å²) in [5.41, 5.74) is 0.550. The number of nitrogens with zero attached hydrogens (tertiary/aromatic N) is 1. The van der Waals surface area contributed by atoms with Crippen LogP contribution in [0.5, 0.6) is 11.6 Å². The maximum absolute atomic E-state index is 11.8. The summed E-state index contributed by atoms with van der Waals surface area (Å²) in [5.74, 6) is 0.0537. The van der Waals surface area contributed by atoms with E-state index in [4.69, 9.17) is 0 Å². The van der Waals surface area contributed by atoms with Crippen LogP contribution in [0, 0.1) is 0 Å². The number of nitrogens with one attached hydrogen (secondary N) is 1. The summed E-state index contributed by atoms with van der Waals surface area (Å²) >= 11 is 0. The van der Waals surface area contributed by atoms with Crippen molar-refractivity contribution in [2.24, 2.45) is 0 Å². The molecule has 0 atom stereocenters. The van der Waals surface area contributed by atoms with Crippen LogP contribution in [0.4, 0.5) is 0 Å². The molecule has 0 amide bonds. The van der Waals surface area contributed by atoms with Gasteiger partial charge in [-0.1, -0.05) is 13.8 Å². The second-order valence-electron chi connectivity index (χ2n) is 4.35. The number of benzene rings is 1. The smallest absolute Gasteiger partial charge is 0.258 e. The van der Waals surface area contributed by atoms with Crippen molar-refractivity contribution >= 4 is 0 Å². The highest BCUT2D eigenvalue weighted by atomic mass is 16.3. The molecule has 5 nitrogen and oxygen atoms in total. The van der Waals surface area contributed by atoms with Crippen LogP contribution >= 0.6 is 0 Å². The summed E-state index contributed by atoms with van der Waals surface area (Å²) < 4.78 is 0. The zero-order valence-corrected chi connectivity index (χ0v) is 10.1. The number of hydrogen-bond acceptors (Lipinski definition) is 4. The molecule has 0 unspecified atom stereocenters. The van der Waals surface area contributed by atoms with Gasteiger partial charge in [-0.25, -0.2) is 0 Å². The van der Waals surface area contributed by atoms with E-state index in [0.29, 0.717) is 5.56 Å². The van der Waals surface area contributed by atoms with Gasteiger partial charge in [-0.15, -0.1) is 0 Å². The van der Waals surface area contributed by atoms with E-state index in [2.05, 4.69) is 9.97 Å². The van der Waals surface area contributed by atoms with Gasteiger partial charge in [0, 0.05) is 5.56 Å². The molecule has 1 aromatic heterocycles. The third-order valence-corrected chi connectivity index (χ3v) is 2.65. The Morgan fingerprint density at radius 1 is 1.17 bits per heavy atom. The average Bonchev–Trinajstić information content (AvgIpc) is 2.28. The fourth-order valence-electron chi connectivity index (χ4n) is 1.75. The molecule has 0 saturated carbocycles. The van der Waals surface area contributed by atoms with Crippen molar-refractivity contribution in [1.82, 2.24) is 9.97 Å². The quantitative estimate of drug-likeness (QED) is 0.756. The second kappa shape index (κ2) is 4.52. The molecule has 18 heavy (non-hydrogen) atoms. The lowest BCUT2D eigenvalue weighted by Gasteiger charge is -2.08. The molecule has 0 fully saturated rings. The molecule has 0 spiro atoms. The SMILES string of the molecule is CC(C)c1c(O)nc(-c2ccc(O)cc2)[nH]c1=O. The lowest BCUT2D eigenvalue weighted by Crippen LogP contribution is -2.16. The molecule has 0 saturated heterocycles. The molecule has 0 aliphatic carbocycles. The molecular formula is C13H14N2O3. The highest BCUT2D eigenvalue weighted by Gasteiger charge is 2.14. The van der Waals surface area contributed by atoms with Crippen molar-refractivity contribution in [2.45, 2.75) is 19.8 Å². The van der Waals surface area contributed by atoms with Gasteiger partial charge in [0.25, 0.3) is 5.56 Å².